The lowest BCUT2D eigenvalue weighted by Crippen LogP contribution is -2.51. The first kappa shape index (κ1) is 13.7. The third-order valence-electron chi connectivity index (χ3n) is 2.88. The van der Waals surface area contributed by atoms with E-state index in [0.29, 0.717) is 11.5 Å². The average Bonchev–Trinajstić information content (AvgIpc) is 2.92. The van der Waals surface area contributed by atoms with Gasteiger partial charge in [0.25, 0.3) is 0 Å². The molecule has 0 saturated heterocycles. The van der Waals surface area contributed by atoms with Crippen LogP contribution in [-0.4, -0.2) is 11.7 Å². The quantitative estimate of drug-likeness (QED) is 0.843. The van der Waals surface area contributed by atoms with Gasteiger partial charge in [-0.2, -0.15) is 11.8 Å². The Bertz CT molecular complexity index is 528. The standard InChI is InChI=1S/C14H16N2O2S/c15-13(17)14(16,11-5-2-1-3-6-11)10-19-9-12-7-4-8-18-12/h1-8H,9-10,16H2,(H2,15,17). The van der Waals surface area contributed by atoms with Gasteiger partial charge in [-0.25, -0.2) is 0 Å². The van der Waals surface area contributed by atoms with Gasteiger partial charge in [-0.15, -0.1) is 0 Å². The van der Waals surface area contributed by atoms with E-state index in [2.05, 4.69) is 0 Å². The molecule has 1 unspecified atom stereocenters. The number of amides is 1. The van der Waals surface area contributed by atoms with Gasteiger partial charge in [0.15, 0.2) is 0 Å². The summed E-state index contributed by atoms with van der Waals surface area (Å²) in [4.78, 5) is 11.7. The Morgan fingerprint density at radius 3 is 2.53 bits per heavy atom. The van der Waals surface area contributed by atoms with Crippen LogP contribution in [0.15, 0.2) is 53.1 Å². The molecule has 0 aliphatic rings. The van der Waals surface area contributed by atoms with Gasteiger partial charge in [0, 0.05) is 5.75 Å². The summed E-state index contributed by atoms with van der Waals surface area (Å²) in [6, 6.07) is 12.9. The van der Waals surface area contributed by atoms with E-state index < -0.39 is 11.4 Å². The second kappa shape index (κ2) is 5.95. The van der Waals surface area contributed by atoms with Crippen LogP contribution in [0.5, 0.6) is 0 Å². The zero-order valence-corrected chi connectivity index (χ0v) is 11.2. The summed E-state index contributed by atoms with van der Waals surface area (Å²) >= 11 is 1.52. The maximum Gasteiger partial charge on any atom is 0.242 e. The predicted octanol–water partition coefficient (Wildman–Crippen LogP) is 1.85. The largest absolute Gasteiger partial charge is 0.468 e. The van der Waals surface area contributed by atoms with Crippen LogP contribution in [0.3, 0.4) is 0 Å². The van der Waals surface area contributed by atoms with E-state index in [1.165, 1.54) is 11.8 Å². The van der Waals surface area contributed by atoms with E-state index >= 15 is 0 Å². The van der Waals surface area contributed by atoms with Gasteiger partial charge in [-0.3, -0.25) is 4.79 Å². The first-order valence-corrected chi connectivity index (χ1v) is 7.03. The zero-order valence-electron chi connectivity index (χ0n) is 10.4. The molecule has 0 saturated carbocycles. The summed E-state index contributed by atoms with van der Waals surface area (Å²) in [6.45, 7) is 0. The minimum Gasteiger partial charge on any atom is -0.468 e. The van der Waals surface area contributed by atoms with E-state index in [1.807, 2.05) is 42.5 Å². The summed E-state index contributed by atoms with van der Waals surface area (Å²) in [7, 11) is 0. The number of hydrogen-bond donors (Lipinski definition) is 2. The normalized spacial score (nSPS) is 13.9. The van der Waals surface area contributed by atoms with Crippen molar-refractivity contribution in [2.24, 2.45) is 11.5 Å². The van der Waals surface area contributed by atoms with Crippen LogP contribution in [0.2, 0.25) is 0 Å². The lowest BCUT2D eigenvalue weighted by atomic mass is 9.92. The highest BCUT2D eigenvalue weighted by atomic mass is 32.2. The predicted molar refractivity (Wildman–Crippen MR) is 76.4 cm³/mol. The van der Waals surface area contributed by atoms with E-state index in [0.717, 1.165) is 11.3 Å². The van der Waals surface area contributed by atoms with Gasteiger partial charge in [0.1, 0.15) is 11.3 Å². The van der Waals surface area contributed by atoms with Crippen molar-refractivity contribution >= 4 is 17.7 Å². The number of furan rings is 1. The Kier molecular flexibility index (Phi) is 4.29. The number of nitrogens with two attached hydrogens (primary N) is 2. The van der Waals surface area contributed by atoms with Crippen LogP contribution < -0.4 is 11.5 Å². The molecule has 1 atom stereocenters. The molecule has 1 amide bonds. The Balaban J connectivity index is 2.06. The number of benzene rings is 1. The minimum atomic E-state index is -1.15. The van der Waals surface area contributed by atoms with Crippen molar-refractivity contribution in [3.05, 3.63) is 60.1 Å². The second-order valence-corrected chi connectivity index (χ2v) is 5.26. The molecule has 5 heteroatoms. The number of hydrogen-bond acceptors (Lipinski definition) is 4. The maximum atomic E-state index is 11.7. The number of rotatable bonds is 6. The van der Waals surface area contributed by atoms with Gasteiger partial charge < -0.3 is 15.9 Å². The van der Waals surface area contributed by atoms with Crippen molar-refractivity contribution in [1.29, 1.82) is 0 Å². The van der Waals surface area contributed by atoms with E-state index in [4.69, 9.17) is 15.9 Å². The van der Waals surface area contributed by atoms with Gasteiger partial charge in [0.2, 0.25) is 5.91 Å². The lowest BCUT2D eigenvalue weighted by molar-refractivity contribution is -0.122. The van der Waals surface area contributed by atoms with Gasteiger partial charge >= 0.3 is 0 Å². The molecule has 0 fully saturated rings. The highest BCUT2D eigenvalue weighted by Gasteiger charge is 2.33. The topological polar surface area (TPSA) is 82.2 Å². The van der Waals surface area contributed by atoms with Crippen molar-refractivity contribution in [2.75, 3.05) is 5.75 Å². The fraction of sp³-hybridized carbons (Fsp3) is 0.214. The van der Waals surface area contributed by atoms with E-state index in [9.17, 15) is 4.79 Å². The van der Waals surface area contributed by atoms with Crippen LogP contribution in [0.25, 0.3) is 0 Å². The minimum absolute atomic E-state index is 0.410. The molecule has 1 aromatic heterocycles. The molecule has 0 aliphatic carbocycles. The molecule has 0 radical (unpaired) electrons. The van der Waals surface area contributed by atoms with Crippen LogP contribution >= 0.6 is 11.8 Å². The molecule has 1 heterocycles. The molecule has 4 N–H and O–H groups in total. The molecule has 19 heavy (non-hydrogen) atoms. The summed E-state index contributed by atoms with van der Waals surface area (Å²) in [5, 5.41) is 0. The summed E-state index contributed by atoms with van der Waals surface area (Å²) < 4.78 is 5.24. The summed E-state index contributed by atoms with van der Waals surface area (Å²) in [5.74, 6) is 1.40. The maximum absolute atomic E-state index is 11.7. The monoisotopic (exact) mass is 276 g/mol. The Hall–Kier alpha value is -1.72. The second-order valence-electron chi connectivity index (χ2n) is 4.27. The number of carbonyl (C=O) groups is 1. The zero-order chi connectivity index (χ0) is 13.7. The SMILES string of the molecule is NC(=O)C(N)(CSCc1ccco1)c1ccccc1. The number of thioether (sulfide) groups is 1. The number of primary amides is 1. The lowest BCUT2D eigenvalue weighted by Gasteiger charge is -2.25. The van der Waals surface area contributed by atoms with Crippen LogP contribution in [0.4, 0.5) is 0 Å². The summed E-state index contributed by atoms with van der Waals surface area (Å²) in [6.07, 6.45) is 1.62. The van der Waals surface area contributed by atoms with E-state index in [1.54, 1.807) is 6.26 Å². The molecule has 4 nitrogen and oxygen atoms in total. The first-order chi connectivity index (χ1) is 9.13. The smallest absolute Gasteiger partial charge is 0.242 e. The third-order valence-corrected chi connectivity index (χ3v) is 4.03. The van der Waals surface area contributed by atoms with Crippen molar-refractivity contribution in [3.8, 4) is 0 Å². The first-order valence-electron chi connectivity index (χ1n) is 5.87. The highest BCUT2D eigenvalue weighted by Crippen LogP contribution is 2.25. The molecule has 0 aliphatic heterocycles. The van der Waals surface area contributed by atoms with E-state index in [-0.39, 0.29) is 0 Å². The Morgan fingerprint density at radius 1 is 1.21 bits per heavy atom. The molecule has 2 rings (SSSR count). The van der Waals surface area contributed by atoms with Crippen LogP contribution in [0, 0.1) is 0 Å². The fourth-order valence-corrected chi connectivity index (χ4v) is 2.84. The van der Waals surface area contributed by atoms with Crippen molar-refractivity contribution in [2.45, 2.75) is 11.3 Å². The average molecular weight is 276 g/mol. The number of carbonyl (C=O) groups excluding carboxylic acids is 1. The van der Waals surface area contributed by atoms with Crippen molar-refractivity contribution in [1.82, 2.24) is 0 Å². The van der Waals surface area contributed by atoms with Crippen molar-refractivity contribution < 1.29 is 9.21 Å². The molecule has 1 aromatic carbocycles. The molecule has 0 bridgehead atoms. The van der Waals surface area contributed by atoms with Crippen LogP contribution in [0.1, 0.15) is 11.3 Å². The van der Waals surface area contributed by atoms with Gasteiger partial charge in [0.05, 0.1) is 12.0 Å². The highest BCUT2D eigenvalue weighted by molar-refractivity contribution is 7.98. The Labute approximate surface area is 116 Å². The van der Waals surface area contributed by atoms with Gasteiger partial charge in [-0.05, 0) is 17.7 Å². The van der Waals surface area contributed by atoms with Gasteiger partial charge in [-0.1, -0.05) is 30.3 Å². The molecule has 0 spiro atoms. The third kappa shape index (κ3) is 3.19. The summed E-state index contributed by atoms with van der Waals surface area (Å²) in [5.41, 5.74) is 11.2. The molecular weight excluding hydrogens is 260 g/mol. The Morgan fingerprint density at radius 2 is 1.95 bits per heavy atom. The van der Waals surface area contributed by atoms with Crippen molar-refractivity contribution in [3.63, 3.8) is 0 Å². The van der Waals surface area contributed by atoms with Crippen LogP contribution in [-0.2, 0) is 16.1 Å². The molecule has 100 valence electrons. The molecular formula is C14H16N2O2S. The fourth-order valence-electron chi connectivity index (χ4n) is 1.74. The molecule has 2 aromatic rings.